The second-order valence-electron chi connectivity index (χ2n) is 3.88. The fraction of sp³-hybridized carbons (Fsp3) is 0.385. The highest BCUT2D eigenvalue weighted by Gasteiger charge is 2.18. The third kappa shape index (κ3) is 2.46. The third-order valence-electron chi connectivity index (χ3n) is 2.91. The monoisotopic (exact) mass is 202 g/mol. The van der Waals surface area contributed by atoms with Gasteiger partial charge < -0.3 is 5.32 Å². The molecular formula is C13H18N2. The van der Waals surface area contributed by atoms with Gasteiger partial charge in [-0.25, -0.2) is 0 Å². The molecule has 0 spiro atoms. The predicted molar refractivity (Wildman–Crippen MR) is 63.8 cm³/mol. The standard InChI is InChI=1S/C13H18N2/c1-2-13(12-6-4-3-5-7-12)15-10-8-14-9-11-15/h2-7,13-14H,1,8-11H2. The maximum atomic E-state index is 3.95. The Bertz CT molecular complexity index is 302. The van der Waals surface area contributed by atoms with Gasteiger partial charge in [-0.05, 0) is 5.56 Å². The number of piperazine rings is 1. The van der Waals surface area contributed by atoms with Crippen LogP contribution in [0.1, 0.15) is 11.6 Å². The van der Waals surface area contributed by atoms with Crippen LogP contribution >= 0.6 is 0 Å². The van der Waals surface area contributed by atoms with E-state index in [0.29, 0.717) is 6.04 Å². The molecule has 2 rings (SSSR count). The summed E-state index contributed by atoms with van der Waals surface area (Å²) in [6.07, 6.45) is 2.04. The fourth-order valence-corrected chi connectivity index (χ4v) is 2.11. The fourth-order valence-electron chi connectivity index (χ4n) is 2.11. The molecule has 1 atom stereocenters. The maximum absolute atomic E-state index is 3.95. The molecule has 1 heterocycles. The van der Waals surface area contributed by atoms with Crippen LogP contribution in [0.15, 0.2) is 43.0 Å². The van der Waals surface area contributed by atoms with E-state index in [0.717, 1.165) is 26.2 Å². The van der Waals surface area contributed by atoms with Gasteiger partial charge in [0.05, 0.1) is 6.04 Å². The van der Waals surface area contributed by atoms with E-state index in [1.807, 2.05) is 6.08 Å². The average Bonchev–Trinajstić information content (AvgIpc) is 2.33. The number of rotatable bonds is 3. The molecule has 0 aliphatic carbocycles. The first-order valence-electron chi connectivity index (χ1n) is 5.54. The quantitative estimate of drug-likeness (QED) is 0.752. The molecule has 1 aromatic carbocycles. The van der Waals surface area contributed by atoms with Crippen LogP contribution in [0.5, 0.6) is 0 Å². The second kappa shape index (κ2) is 5.10. The smallest absolute Gasteiger partial charge is 0.0529 e. The summed E-state index contributed by atoms with van der Waals surface area (Å²) in [7, 11) is 0. The summed E-state index contributed by atoms with van der Waals surface area (Å²) in [6, 6.07) is 11.0. The van der Waals surface area contributed by atoms with E-state index in [9.17, 15) is 0 Å². The zero-order valence-corrected chi connectivity index (χ0v) is 9.02. The van der Waals surface area contributed by atoms with E-state index in [-0.39, 0.29) is 0 Å². The van der Waals surface area contributed by atoms with Crippen molar-refractivity contribution in [3.05, 3.63) is 48.6 Å². The topological polar surface area (TPSA) is 15.3 Å². The molecule has 1 N–H and O–H groups in total. The minimum Gasteiger partial charge on any atom is -0.314 e. The van der Waals surface area contributed by atoms with Crippen LogP contribution in [-0.4, -0.2) is 31.1 Å². The highest BCUT2D eigenvalue weighted by molar-refractivity contribution is 5.22. The second-order valence-corrected chi connectivity index (χ2v) is 3.88. The van der Waals surface area contributed by atoms with Crippen molar-refractivity contribution in [1.82, 2.24) is 10.2 Å². The van der Waals surface area contributed by atoms with Crippen molar-refractivity contribution in [3.8, 4) is 0 Å². The number of nitrogens with zero attached hydrogens (tertiary/aromatic N) is 1. The van der Waals surface area contributed by atoms with E-state index < -0.39 is 0 Å². The summed E-state index contributed by atoms with van der Waals surface area (Å²) < 4.78 is 0. The number of hydrogen-bond acceptors (Lipinski definition) is 2. The van der Waals surface area contributed by atoms with Gasteiger partial charge >= 0.3 is 0 Å². The van der Waals surface area contributed by atoms with Crippen molar-refractivity contribution < 1.29 is 0 Å². The lowest BCUT2D eigenvalue weighted by Gasteiger charge is -2.33. The van der Waals surface area contributed by atoms with Gasteiger partial charge in [0, 0.05) is 26.2 Å². The molecule has 1 aliphatic heterocycles. The molecule has 1 unspecified atom stereocenters. The van der Waals surface area contributed by atoms with Crippen molar-refractivity contribution in [2.24, 2.45) is 0 Å². The minimum atomic E-state index is 0.369. The van der Waals surface area contributed by atoms with Crippen LogP contribution in [0.25, 0.3) is 0 Å². The molecule has 15 heavy (non-hydrogen) atoms. The van der Waals surface area contributed by atoms with E-state index in [2.05, 4.69) is 47.1 Å². The largest absolute Gasteiger partial charge is 0.314 e. The predicted octanol–water partition coefficient (Wildman–Crippen LogP) is 1.82. The highest BCUT2D eigenvalue weighted by atomic mass is 15.2. The first-order chi connectivity index (χ1) is 7.42. The van der Waals surface area contributed by atoms with Gasteiger partial charge in [-0.3, -0.25) is 4.90 Å². The summed E-state index contributed by atoms with van der Waals surface area (Å²) >= 11 is 0. The molecule has 1 fully saturated rings. The van der Waals surface area contributed by atoms with Gasteiger partial charge in [-0.15, -0.1) is 6.58 Å². The molecule has 1 aliphatic rings. The van der Waals surface area contributed by atoms with Crippen molar-refractivity contribution >= 4 is 0 Å². The van der Waals surface area contributed by atoms with E-state index in [1.165, 1.54) is 5.56 Å². The van der Waals surface area contributed by atoms with Crippen LogP contribution in [0, 0.1) is 0 Å². The van der Waals surface area contributed by atoms with E-state index in [4.69, 9.17) is 0 Å². The molecule has 0 bridgehead atoms. The molecular weight excluding hydrogens is 184 g/mol. The normalized spacial score (nSPS) is 19.7. The molecule has 0 aromatic heterocycles. The molecule has 0 radical (unpaired) electrons. The van der Waals surface area contributed by atoms with E-state index in [1.54, 1.807) is 0 Å². The Kier molecular flexibility index (Phi) is 3.54. The van der Waals surface area contributed by atoms with Gasteiger partial charge in [-0.2, -0.15) is 0 Å². The first kappa shape index (κ1) is 10.4. The Labute approximate surface area is 91.6 Å². The molecule has 1 saturated heterocycles. The van der Waals surface area contributed by atoms with Gasteiger partial charge in [0.25, 0.3) is 0 Å². The zero-order chi connectivity index (χ0) is 10.5. The van der Waals surface area contributed by atoms with Gasteiger partial charge in [-0.1, -0.05) is 36.4 Å². The molecule has 80 valence electrons. The number of benzene rings is 1. The number of nitrogens with one attached hydrogen (secondary N) is 1. The van der Waals surface area contributed by atoms with Gasteiger partial charge in [0.2, 0.25) is 0 Å². The molecule has 2 heteroatoms. The van der Waals surface area contributed by atoms with Crippen LogP contribution in [-0.2, 0) is 0 Å². The van der Waals surface area contributed by atoms with Crippen LogP contribution in [0.4, 0.5) is 0 Å². The summed E-state index contributed by atoms with van der Waals surface area (Å²) in [5.41, 5.74) is 1.34. The Balaban J connectivity index is 2.12. The summed E-state index contributed by atoms with van der Waals surface area (Å²) in [4.78, 5) is 2.47. The molecule has 2 nitrogen and oxygen atoms in total. The third-order valence-corrected chi connectivity index (χ3v) is 2.91. The molecule has 0 amide bonds. The highest BCUT2D eigenvalue weighted by Crippen LogP contribution is 2.21. The Morgan fingerprint density at radius 3 is 2.47 bits per heavy atom. The summed E-state index contributed by atoms with van der Waals surface area (Å²) in [6.45, 7) is 8.32. The van der Waals surface area contributed by atoms with Crippen molar-refractivity contribution in [2.75, 3.05) is 26.2 Å². The van der Waals surface area contributed by atoms with Gasteiger partial charge in [0.15, 0.2) is 0 Å². The van der Waals surface area contributed by atoms with E-state index >= 15 is 0 Å². The number of hydrogen-bond donors (Lipinski definition) is 1. The SMILES string of the molecule is C=CC(c1ccccc1)N1CCNCC1. The lowest BCUT2D eigenvalue weighted by atomic mass is 10.0. The Morgan fingerprint density at radius 2 is 1.87 bits per heavy atom. The van der Waals surface area contributed by atoms with Crippen molar-refractivity contribution in [2.45, 2.75) is 6.04 Å². The molecule has 1 aromatic rings. The lowest BCUT2D eigenvalue weighted by Crippen LogP contribution is -2.44. The minimum absolute atomic E-state index is 0.369. The first-order valence-corrected chi connectivity index (χ1v) is 5.54. The van der Waals surface area contributed by atoms with Crippen molar-refractivity contribution in [1.29, 1.82) is 0 Å². The lowest BCUT2D eigenvalue weighted by molar-refractivity contribution is 0.203. The summed E-state index contributed by atoms with van der Waals surface area (Å²) in [5, 5.41) is 3.37. The summed E-state index contributed by atoms with van der Waals surface area (Å²) in [5.74, 6) is 0. The van der Waals surface area contributed by atoms with Crippen LogP contribution in [0.3, 0.4) is 0 Å². The van der Waals surface area contributed by atoms with Gasteiger partial charge in [0.1, 0.15) is 0 Å². The zero-order valence-electron chi connectivity index (χ0n) is 9.02. The molecule has 0 saturated carbocycles. The Morgan fingerprint density at radius 1 is 1.20 bits per heavy atom. The maximum Gasteiger partial charge on any atom is 0.0529 e. The average molecular weight is 202 g/mol. The van der Waals surface area contributed by atoms with Crippen molar-refractivity contribution in [3.63, 3.8) is 0 Å². The van der Waals surface area contributed by atoms with Crippen LogP contribution in [0.2, 0.25) is 0 Å². The van der Waals surface area contributed by atoms with Crippen LogP contribution < -0.4 is 5.32 Å². The Hall–Kier alpha value is -1.12.